The first-order valence-electron chi connectivity index (χ1n) is 9.80. The molecule has 2 aromatic rings. The Morgan fingerprint density at radius 1 is 0.815 bits per heavy atom. The highest BCUT2D eigenvalue weighted by Crippen LogP contribution is 2.45. The summed E-state index contributed by atoms with van der Waals surface area (Å²) in [6, 6.07) is 18.9. The van der Waals surface area contributed by atoms with E-state index in [4.69, 9.17) is 0 Å². The molecule has 0 radical (unpaired) electrons. The molecule has 0 aromatic heterocycles. The zero-order valence-corrected chi connectivity index (χ0v) is 16.4. The van der Waals surface area contributed by atoms with Gasteiger partial charge in [-0.05, 0) is 43.0 Å². The number of carbonyl (C=O) groups excluding carboxylic acids is 2. The van der Waals surface area contributed by atoms with Crippen LogP contribution in [0.4, 0.5) is 11.4 Å². The molecule has 4 nitrogen and oxygen atoms in total. The Balaban J connectivity index is 2.14. The lowest BCUT2D eigenvalue weighted by atomic mass is 9.75. The predicted octanol–water partition coefficient (Wildman–Crippen LogP) is 5.20. The van der Waals surface area contributed by atoms with E-state index >= 15 is 0 Å². The standard InChI is InChI=1S/C23H28N2O2/c1-4-5-16-23(17-18(2)3)21(26)24(19-12-8-6-9-13-19)25(22(23)27)20-14-10-7-11-15-20/h6-15,18H,4-5,16-17H2,1-3H3. The van der Waals surface area contributed by atoms with E-state index in [-0.39, 0.29) is 17.7 Å². The first-order chi connectivity index (χ1) is 13.0. The predicted molar refractivity (Wildman–Crippen MR) is 109 cm³/mol. The van der Waals surface area contributed by atoms with E-state index in [0.717, 1.165) is 24.2 Å². The molecule has 0 aliphatic carbocycles. The summed E-state index contributed by atoms with van der Waals surface area (Å²) in [5.74, 6) is 0.0394. The van der Waals surface area contributed by atoms with Crippen LogP contribution in [0.2, 0.25) is 0 Å². The largest absolute Gasteiger partial charge is 0.271 e. The van der Waals surface area contributed by atoms with Gasteiger partial charge in [0, 0.05) is 0 Å². The average Bonchev–Trinajstić information content (AvgIpc) is 2.89. The maximum absolute atomic E-state index is 13.7. The van der Waals surface area contributed by atoms with Crippen LogP contribution in [0.15, 0.2) is 60.7 Å². The van der Waals surface area contributed by atoms with Gasteiger partial charge in [-0.25, -0.2) is 10.0 Å². The molecule has 0 unspecified atom stereocenters. The van der Waals surface area contributed by atoms with E-state index in [9.17, 15) is 9.59 Å². The Morgan fingerprint density at radius 2 is 1.26 bits per heavy atom. The van der Waals surface area contributed by atoms with Crippen LogP contribution in [0.25, 0.3) is 0 Å². The summed E-state index contributed by atoms with van der Waals surface area (Å²) in [6.07, 6.45) is 2.97. The van der Waals surface area contributed by atoms with Crippen LogP contribution < -0.4 is 10.0 Å². The van der Waals surface area contributed by atoms with Gasteiger partial charge in [-0.15, -0.1) is 0 Å². The lowest BCUT2D eigenvalue weighted by molar-refractivity contribution is -0.136. The number of hydrogen-bond donors (Lipinski definition) is 0. The summed E-state index contributed by atoms with van der Waals surface area (Å²) < 4.78 is 0. The van der Waals surface area contributed by atoms with Crippen LogP contribution in [0.1, 0.15) is 46.5 Å². The third-order valence-electron chi connectivity index (χ3n) is 5.12. The highest BCUT2D eigenvalue weighted by Gasteiger charge is 2.58. The molecule has 0 saturated carbocycles. The summed E-state index contributed by atoms with van der Waals surface area (Å²) in [7, 11) is 0. The van der Waals surface area contributed by atoms with Crippen molar-refractivity contribution in [1.82, 2.24) is 0 Å². The van der Waals surface area contributed by atoms with Crippen molar-refractivity contribution in [3.63, 3.8) is 0 Å². The normalized spacial score (nSPS) is 16.4. The van der Waals surface area contributed by atoms with E-state index < -0.39 is 5.41 Å². The van der Waals surface area contributed by atoms with Crippen LogP contribution in [-0.2, 0) is 9.59 Å². The van der Waals surface area contributed by atoms with E-state index in [1.807, 2.05) is 60.7 Å². The van der Waals surface area contributed by atoms with E-state index in [1.54, 1.807) is 10.0 Å². The number of hydrogen-bond acceptors (Lipinski definition) is 2. The summed E-state index contributed by atoms with van der Waals surface area (Å²) in [6.45, 7) is 6.25. The fourth-order valence-electron chi connectivity index (χ4n) is 3.95. The van der Waals surface area contributed by atoms with Crippen molar-refractivity contribution in [3.8, 4) is 0 Å². The van der Waals surface area contributed by atoms with Crippen molar-refractivity contribution in [1.29, 1.82) is 0 Å². The molecular weight excluding hydrogens is 336 g/mol. The first kappa shape index (κ1) is 19.2. The van der Waals surface area contributed by atoms with Crippen LogP contribution in [0.3, 0.4) is 0 Å². The molecule has 0 spiro atoms. The molecule has 142 valence electrons. The Bertz CT molecular complexity index is 729. The zero-order chi connectivity index (χ0) is 19.4. The minimum atomic E-state index is -0.990. The minimum Gasteiger partial charge on any atom is -0.271 e. The van der Waals surface area contributed by atoms with Gasteiger partial charge in [-0.1, -0.05) is 70.0 Å². The fourth-order valence-corrected chi connectivity index (χ4v) is 3.95. The fraction of sp³-hybridized carbons (Fsp3) is 0.391. The van der Waals surface area contributed by atoms with Gasteiger partial charge >= 0.3 is 0 Å². The topological polar surface area (TPSA) is 40.6 Å². The van der Waals surface area contributed by atoms with Crippen molar-refractivity contribution in [3.05, 3.63) is 60.7 Å². The van der Waals surface area contributed by atoms with Gasteiger partial charge in [0.2, 0.25) is 0 Å². The zero-order valence-electron chi connectivity index (χ0n) is 16.4. The molecule has 27 heavy (non-hydrogen) atoms. The summed E-state index contributed by atoms with van der Waals surface area (Å²) in [5, 5.41) is 3.16. The molecule has 1 aliphatic heterocycles. The van der Waals surface area contributed by atoms with Crippen molar-refractivity contribution in [2.24, 2.45) is 11.3 Å². The Hall–Kier alpha value is -2.62. The van der Waals surface area contributed by atoms with Gasteiger partial charge in [-0.3, -0.25) is 9.59 Å². The maximum atomic E-state index is 13.7. The first-order valence-corrected chi connectivity index (χ1v) is 9.80. The van der Waals surface area contributed by atoms with Gasteiger partial charge in [-0.2, -0.15) is 0 Å². The molecule has 1 aliphatic rings. The molecule has 0 bridgehead atoms. The average molecular weight is 364 g/mol. The van der Waals surface area contributed by atoms with Crippen molar-refractivity contribution in [2.45, 2.75) is 46.5 Å². The second kappa shape index (κ2) is 7.95. The van der Waals surface area contributed by atoms with Crippen molar-refractivity contribution < 1.29 is 9.59 Å². The van der Waals surface area contributed by atoms with Gasteiger partial charge in [0.1, 0.15) is 5.41 Å². The summed E-state index contributed by atoms with van der Waals surface area (Å²) >= 11 is 0. The van der Waals surface area contributed by atoms with E-state index in [0.29, 0.717) is 12.8 Å². The second-order valence-corrected chi connectivity index (χ2v) is 7.69. The highest BCUT2D eigenvalue weighted by atomic mass is 16.2. The van der Waals surface area contributed by atoms with Crippen molar-refractivity contribution in [2.75, 3.05) is 10.0 Å². The van der Waals surface area contributed by atoms with Gasteiger partial charge < -0.3 is 0 Å². The van der Waals surface area contributed by atoms with E-state index in [2.05, 4.69) is 20.8 Å². The number of hydrazine groups is 1. The number of rotatable bonds is 7. The third-order valence-corrected chi connectivity index (χ3v) is 5.12. The molecule has 2 aromatic carbocycles. The monoisotopic (exact) mass is 364 g/mol. The summed E-state index contributed by atoms with van der Waals surface area (Å²) in [5.41, 5.74) is 0.458. The van der Waals surface area contributed by atoms with Crippen molar-refractivity contribution >= 4 is 23.2 Å². The third kappa shape index (κ3) is 3.48. The van der Waals surface area contributed by atoms with Gasteiger partial charge in [0.15, 0.2) is 0 Å². The number of amides is 2. The molecule has 3 rings (SSSR count). The number of benzene rings is 2. The lowest BCUT2D eigenvalue weighted by Gasteiger charge is -2.27. The molecule has 4 heteroatoms. The molecule has 1 saturated heterocycles. The molecule has 2 amide bonds. The molecule has 1 heterocycles. The Morgan fingerprint density at radius 3 is 1.63 bits per heavy atom. The lowest BCUT2D eigenvalue weighted by Crippen LogP contribution is -2.41. The van der Waals surface area contributed by atoms with E-state index in [1.165, 1.54) is 0 Å². The highest BCUT2D eigenvalue weighted by molar-refractivity contribution is 6.26. The number of anilines is 2. The molecule has 0 N–H and O–H groups in total. The van der Waals surface area contributed by atoms with Crippen LogP contribution in [0.5, 0.6) is 0 Å². The Kier molecular flexibility index (Phi) is 5.64. The van der Waals surface area contributed by atoms with Gasteiger partial charge in [0.05, 0.1) is 11.4 Å². The van der Waals surface area contributed by atoms with Crippen LogP contribution >= 0.6 is 0 Å². The molecular formula is C23H28N2O2. The minimum absolute atomic E-state index is 0.107. The quantitative estimate of drug-likeness (QED) is 0.633. The van der Waals surface area contributed by atoms with Gasteiger partial charge in [0.25, 0.3) is 11.8 Å². The number of unbranched alkanes of at least 4 members (excludes halogenated alkanes) is 1. The number of nitrogens with zero attached hydrogens (tertiary/aromatic N) is 2. The maximum Gasteiger partial charge on any atom is 0.262 e. The Labute approximate surface area is 161 Å². The summed E-state index contributed by atoms with van der Waals surface area (Å²) in [4.78, 5) is 27.5. The number of para-hydroxylation sites is 2. The SMILES string of the molecule is CCCCC1(CC(C)C)C(=O)N(c2ccccc2)N(c2ccccc2)C1=O. The molecule has 0 atom stereocenters. The van der Waals surface area contributed by atoms with Crippen LogP contribution in [0, 0.1) is 11.3 Å². The van der Waals surface area contributed by atoms with Crippen LogP contribution in [-0.4, -0.2) is 11.8 Å². The second-order valence-electron chi connectivity index (χ2n) is 7.69. The smallest absolute Gasteiger partial charge is 0.262 e. The number of carbonyl (C=O) groups is 2. The molecule has 1 fully saturated rings.